The average Bonchev–Trinajstić information content (AvgIpc) is 3.31. The number of likely N-dealkylation sites (tertiary alicyclic amines) is 1. The molecule has 0 saturated carbocycles. The van der Waals surface area contributed by atoms with Gasteiger partial charge in [-0.1, -0.05) is 41.9 Å². The predicted molar refractivity (Wildman–Crippen MR) is 115 cm³/mol. The van der Waals surface area contributed by atoms with Crippen molar-refractivity contribution in [1.82, 2.24) is 4.90 Å². The van der Waals surface area contributed by atoms with Gasteiger partial charge in [-0.05, 0) is 53.8 Å². The molecule has 1 unspecified atom stereocenters. The number of halogens is 1. The lowest BCUT2D eigenvalue weighted by Gasteiger charge is -2.26. The van der Waals surface area contributed by atoms with Gasteiger partial charge in [0, 0.05) is 15.5 Å². The van der Waals surface area contributed by atoms with Crippen molar-refractivity contribution in [3.63, 3.8) is 0 Å². The summed E-state index contributed by atoms with van der Waals surface area (Å²) in [5.41, 5.74) is 2.31. The zero-order valence-corrected chi connectivity index (χ0v) is 17.2. The Morgan fingerprint density at radius 1 is 1.07 bits per heavy atom. The number of thiophene rings is 1. The number of carbonyl (C=O) groups is 2. The first-order valence-electron chi connectivity index (χ1n) is 9.09. The fraction of sp³-hybridized carbons (Fsp3) is 0.130. The van der Waals surface area contributed by atoms with E-state index in [0.29, 0.717) is 17.1 Å². The van der Waals surface area contributed by atoms with Crippen molar-refractivity contribution in [2.75, 3.05) is 0 Å². The number of hydrogen-bond donors (Lipinski definition) is 1. The first kappa shape index (κ1) is 19.4. The van der Waals surface area contributed by atoms with Crippen molar-refractivity contribution in [2.24, 2.45) is 0 Å². The second-order valence-corrected chi connectivity index (χ2v) is 8.34. The quantitative estimate of drug-likeness (QED) is 0.350. The molecule has 2 aromatic carbocycles. The van der Waals surface area contributed by atoms with Gasteiger partial charge < -0.3 is 10.0 Å². The van der Waals surface area contributed by atoms with Crippen LogP contribution in [-0.2, 0) is 16.1 Å². The van der Waals surface area contributed by atoms with E-state index < -0.39 is 17.7 Å². The minimum absolute atomic E-state index is 0.100. The van der Waals surface area contributed by atoms with Crippen LogP contribution in [-0.4, -0.2) is 21.7 Å². The van der Waals surface area contributed by atoms with Gasteiger partial charge in [-0.2, -0.15) is 0 Å². The Kier molecular flexibility index (Phi) is 5.26. The molecule has 1 fully saturated rings. The van der Waals surface area contributed by atoms with Crippen molar-refractivity contribution in [2.45, 2.75) is 19.5 Å². The number of benzene rings is 2. The summed E-state index contributed by atoms with van der Waals surface area (Å²) < 4.78 is 0. The molecule has 146 valence electrons. The van der Waals surface area contributed by atoms with Gasteiger partial charge in [-0.15, -0.1) is 11.3 Å². The number of aryl methyl sites for hydroxylation is 1. The molecule has 0 aliphatic carbocycles. The van der Waals surface area contributed by atoms with Gasteiger partial charge in [-0.25, -0.2) is 0 Å². The molecule has 1 aromatic heterocycles. The number of ketones is 1. The summed E-state index contributed by atoms with van der Waals surface area (Å²) in [6.45, 7) is 2.24. The van der Waals surface area contributed by atoms with Crippen LogP contribution in [0.25, 0.3) is 5.76 Å². The molecule has 29 heavy (non-hydrogen) atoms. The highest BCUT2D eigenvalue weighted by atomic mass is 35.5. The van der Waals surface area contributed by atoms with E-state index in [9.17, 15) is 14.7 Å². The second-order valence-electron chi connectivity index (χ2n) is 6.87. The standard InChI is InChI=1S/C23H18ClNO3S/c1-14-5-2-3-7-18(14)20-19(21(26)15-8-10-16(24)11-9-15)22(27)23(28)25(20)13-17-6-4-12-29-17/h2-12,20,26H,13H2,1H3/b21-19+. The summed E-state index contributed by atoms with van der Waals surface area (Å²) in [4.78, 5) is 28.4. The molecule has 1 atom stereocenters. The van der Waals surface area contributed by atoms with E-state index in [1.54, 1.807) is 24.3 Å². The number of nitrogens with zero attached hydrogens (tertiary/aromatic N) is 1. The van der Waals surface area contributed by atoms with E-state index >= 15 is 0 Å². The van der Waals surface area contributed by atoms with E-state index in [-0.39, 0.29) is 11.3 Å². The highest BCUT2D eigenvalue weighted by Gasteiger charge is 2.46. The van der Waals surface area contributed by atoms with Crippen LogP contribution < -0.4 is 0 Å². The normalized spacial score (nSPS) is 18.4. The molecule has 1 amide bonds. The molecule has 1 aliphatic heterocycles. The van der Waals surface area contributed by atoms with Crippen molar-refractivity contribution in [3.8, 4) is 0 Å². The van der Waals surface area contributed by atoms with Gasteiger partial charge in [0.1, 0.15) is 5.76 Å². The molecule has 0 bridgehead atoms. The number of hydrogen-bond acceptors (Lipinski definition) is 4. The summed E-state index contributed by atoms with van der Waals surface area (Å²) in [5.74, 6) is -1.48. The number of aliphatic hydroxyl groups excluding tert-OH is 1. The molecule has 0 spiro atoms. The average molecular weight is 424 g/mol. The van der Waals surface area contributed by atoms with Crippen LogP contribution in [0.3, 0.4) is 0 Å². The first-order chi connectivity index (χ1) is 14.0. The third kappa shape index (κ3) is 3.59. The van der Waals surface area contributed by atoms with Crippen LogP contribution in [0.15, 0.2) is 71.6 Å². The molecule has 4 nitrogen and oxygen atoms in total. The molecular weight excluding hydrogens is 406 g/mol. The largest absolute Gasteiger partial charge is 0.507 e. The van der Waals surface area contributed by atoms with Gasteiger partial charge in [-0.3, -0.25) is 9.59 Å². The third-order valence-corrected chi connectivity index (χ3v) is 6.16. The summed E-state index contributed by atoms with van der Waals surface area (Å²) in [5, 5.41) is 13.5. The van der Waals surface area contributed by atoms with Gasteiger partial charge in [0.15, 0.2) is 0 Å². The summed E-state index contributed by atoms with van der Waals surface area (Å²) in [6.07, 6.45) is 0. The van der Waals surface area contributed by atoms with Gasteiger partial charge in [0.25, 0.3) is 11.7 Å². The summed E-state index contributed by atoms with van der Waals surface area (Å²) >= 11 is 7.47. The van der Waals surface area contributed by atoms with Crippen LogP contribution >= 0.6 is 22.9 Å². The molecular formula is C23H18ClNO3S. The van der Waals surface area contributed by atoms with E-state index in [1.807, 2.05) is 48.7 Å². The fourth-order valence-electron chi connectivity index (χ4n) is 3.59. The molecule has 1 N–H and O–H groups in total. The van der Waals surface area contributed by atoms with E-state index in [2.05, 4.69) is 0 Å². The van der Waals surface area contributed by atoms with Crippen LogP contribution in [0.5, 0.6) is 0 Å². The number of Topliss-reactive ketones (excluding diaryl/α,β-unsaturated/α-hetero) is 1. The van der Waals surface area contributed by atoms with Gasteiger partial charge in [0.2, 0.25) is 0 Å². The highest BCUT2D eigenvalue weighted by molar-refractivity contribution is 7.09. The Morgan fingerprint density at radius 2 is 1.79 bits per heavy atom. The zero-order chi connectivity index (χ0) is 20.5. The Labute approximate surface area is 177 Å². The first-order valence-corrected chi connectivity index (χ1v) is 10.4. The lowest BCUT2D eigenvalue weighted by atomic mass is 9.92. The minimum atomic E-state index is -0.678. The summed E-state index contributed by atoms with van der Waals surface area (Å²) in [6, 6.07) is 17.3. The number of aliphatic hydroxyl groups is 1. The van der Waals surface area contributed by atoms with Crippen molar-refractivity contribution in [3.05, 3.63) is 98.2 Å². The minimum Gasteiger partial charge on any atom is -0.507 e. The van der Waals surface area contributed by atoms with Gasteiger partial charge >= 0.3 is 0 Å². The topological polar surface area (TPSA) is 57.6 Å². The maximum atomic E-state index is 13.0. The van der Waals surface area contributed by atoms with E-state index in [4.69, 9.17) is 11.6 Å². The van der Waals surface area contributed by atoms with Crippen LogP contribution in [0.2, 0.25) is 5.02 Å². The Balaban J connectivity index is 1.89. The molecule has 2 heterocycles. The molecule has 1 aliphatic rings. The predicted octanol–water partition coefficient (Wildman–Crippen LogP) is 5.33. The molecule has 3 aromatic rings. The van der Waals surface area contributed by atoms with Crippen LogP contribution in [0, 0.1) is 6.92 Å². The highest BCUT2D eigenvalue weighted by Crippen LogP contribution is 2.41. The molecule has 0 radical (unpaired) electrons. The SMILES string of the molecule is Cc1ccccc1C1/C(=C(\O)c2ccc(Cl)cc2)C(=O)C(=O)N1Cc1cccs1. The van der Waals surface area contributed by atoms with E-state index in [1.165, 1.54) is 16.2 Å². The van der Waals surface area contributed by atoms with Crippen molar-refractivity contribution >= 4 is 40.4 Å². The fourth-order valence-corrected chi connectivity index (χ4v) is 4.42. The number of carbonyl (C=O) groups excluding carboxylic acids is 2. The van der Waals surface area contributed by atoms with Gasteiger partial charge in [0.05, 0.1) is 18.2 Å². The third-order valence-electron chi connectivity index (χ3n) is 5.05. The lowest BCUT2D eigenvalue weighted by molar-refractivity contribution is -0.140. The lowest BCUT2D eigenvalue weighted by Crippen LogP contribution is -2.29. The number of rotatable bonds is 4. The summed E-state index contributed by atoms with van der Waals surface area (Å²) in [7, 11) is 0. The van der Waals surface area contributed by atoms with Crippen LogP contribution in [0.4, 0.5) is 0 Å². The van der Waals surface area contributed by atoms with E-state index in [0.717, 1.165) is 16.0 Å². The van der Waals surface area contributed by atoms with Crippen LogP contribution in [0.1, 0.15) is 27.6 Å². The second kappa shape index (κ2) is 7.85. The molecule has 4 rings (SSSR count). The Bertz CT molecular complexity index is 1100. The monoisotopic (exact) mass is 423 g/mol. The number of amides is 1. The zero-order valence-electron chi connectivity index (χ0n) is 15.6. The Morgan fingerprint density at radius 3 is 2.45 bits per heavy atom. The Hall–Kier alpha value is -2.89. The van der Waals surface area contributed by atoms with Crippen molar-refractivity contribution in [1.29, 1.82) is 0 Å². The molecule has 6 heteroatoms. The maximum absolute atomic E-state index is 13.0. The maximum Gasteiger partial charge on any atom is 0.295 e. The smallest absolute Gasteiger partial charge is 0.295 e. The van der Waals surface area contributed by atoms with Crippen molar-refractivity contribution < 1.29 is 14.7 Å². The molecule has 1 saturated heterocycles.